The summed E-state index contributed by atoms with van der Waals surface area (Å²) >= 11 is 0. The smallest absolute Gasteiger partial charge is 0.305 e. The molecule has 346 valence electrons. The zero-order valence-corrected chi connectivity index (χ0v) is 39.3. The van der Waals surface area contributed by atoms with Gasteiger partial charge >= 0.3 is 5.97 Å². The van der Waals surface area contributed by atoms with Crippen LogP contribution in [-0.2, 0) is 49.4 Å². The van der Waals surface area contributed by atoms with Crippen LogP contribution in [-0.4, -0.2) is 148 Å². The third kappa shape index (κ3) is 15.7. The summed E-state index contributed by atoms with van der Waals surface area (Å²) < 4.78 is 17.2. The number of benzene rings is 1. The van der Waals surface area contributed by atoms with Gasteiger partial charge in [0.2, 0.25) is 29.5 Å². The number of carbonyl (C=O) groups is 6. The lowest BCUT2D eigenvalue weighted by atomic mass is 9.89. The fourth-order valence-corrected chi connectivity index (χ4v) is 8.47. The zero-order chi connectivity index (χ0) is 46.0. The van der Waals surface area contributed by atoms with Crippen molar-refractivity contribution < 1.29 is 43.0 Å². The predicted octanol–water partition coefficient (Wildman–Crippen LogP) is 3.82. The SMILES string of the molecule is CCC(=O)OCCCNC(=O)[C@H](Cc1ccccc1)NC(=O)[C@H](C)[C@@H](OC)[C@@H]1CCCN1C(=O)C[C@@H](OC)[C@H]([C@@H](C)CC)N(C)C(=O)C(NC(=O)C(C(C)C)N(C)C)C(C)C. The number of hydrogen-bond acceptors (Lipinski definition) is 10. The van der Waals surface area contributed by atoms with Gasteiger partial charge in [0, 0.05) is 47.2 Å². The van der Waals surface area contributed by atoms with Gasteiger partial charge in [0.25, 0.3) is 0 Å². The fourth-order valence-electron chi connectivity index (χ4n) is 8.47. The number of esters is 1. The topological polar surface area (TPSA) is 176 Å². The number of rotatable bonds is 26. The second kappa shape index (κ2) is 26.4. The first kappa shape index (κ1) is 53.1. The van der Waals surface area contributed by atoms with Crippen LogP contribution in [0, 0.1) is 23.7 Å². The molecule has 1 saturated heterocycles. The zero-order valence-electron chi connectivity index (χ0n) is 39.3. The van der Waals surface area contributed by atoms with Gasteiger partial charge in [-0.15, -0.1) is 0 Å². The second-order valence-electron chi connectivity index (χ2n) is 17.4. The summed E-state index contributed by atoms with van der Waals surface area (Å²) in [5.41, 5.74) is 0.868. The maximum absolute atomic E-state index is 14.4. The van der Waals surface area contributed by atoms with Crippen molar-refractivity contribution in [2.24, 2.45) is 23.7 Å². The summed E-state index contributed by atoms with van der Waals surface area (Å²) in [7, 11) is 8.49. The number of methoxy groups -OCH3 is 2. The van der Waals surface area contributed by atoms with Crippen molar-refractivity contribution in [3.63, 3.8) is 0 Å². The number of amides is 5. The molecule has 15 heteroatoms. The molecule has 15 nitrogen and oxygen atoms in total. The van der Waals surface area contributed by atoms with Crippen molar-refractivity contribution in [1.82, 2.24) is 30.7 Å². The summed E-state index contributed by atoms with van der Waals surface area (Å²) in [5, 5.41) is 8.85. The average molecular weight is 859 g/mol. The van der Waals surface area contributed by atoms with Crippen LogP contribution in [0.4, 0.5) is 0 Å². The van der Waals surface area contributed by atoms with Crippen molar-refractivity contribution in [3.05, 3.63) is 35.9 Å². The second-order valence-corrected chi connectivity index (χ2v) is 17.4. The minimum absolute atomic E-state index is 0.0115. The van der Waals surface area contributed by atoms with Gasteiger partial charge in [-0.25, -0.2) is 0 Å². The largest absolute Gasteiger partial charge is 0.466 e. The summed E-state index contributed by atoms with van der Waals surface area (Å²) in [5.74, 6) is -2.65. The Morgan fingerprint density at radius 2 is 1.51 bits per heavy atom. The summed E-state index contributed by atoms with van der Waals surface area (Å²) in [6.45, 7) is 16.2. The molecular formula is C46H78N6O9. The molecule has 0 radical (unpaired) electrons. The number of likely N-dealkylation sites (N-methyl/N-ethyl adjacent to an activating group) is 2. The molecule has 2 rings (SSSR count). The van der Waals surface area contributed by atoms with Crippen molar-refractivity contribution in [2.45, 2.75) is 143 Å². The van der Waals surface area contributed by atoms with Crippen LogP contribution in [0.1, 0.15) is 99.5 Å². The molecule has 1 fully saturated rings. The minimum Gasteiger partial charge on any atom is -0.466 e. The Morgan fingerprint density at radius 1 is 0.852 bits per heavy atom. The quantitative estimate of drug-likeness (QED) is 0.0918. The first-order valence-corrected chi connectivity index (χ1v) is 22.2. The first-order chi connectivity index (χ1) is 28.8. The lowest BCUT2D eigenvalue weighted by Gasteiger charge is -2.41. The molecule has 0 aromatic heterocycles. The monoisotopic (exact) mass is 859 g/mol. The van der Waals surface area contributed by atoms with Gasteiger partial charge in [0.05, 0.1) is 49.3 Å². The van der Waals surface area contributed by atoms with Crippen LogP contribution >= 0.6 is 0 Å². The summed E-state index contributed by atoms with van der Waals surface area (Å²) in [6, 6.07) is 6.41. The van der Waals surface area contributed by atoms with E-state index < -0.39 is 48.3 Å². The number of nitrogens with one attached hydrogen (secondary N) is 3. The van der Waals surface area contributed by atoms with Gasteiger partial charge in [0.1, 0.15) is 12.1 Å². The molecule has 1 aliphatic rings. The van der Waals surface area contributed by atoms with E-state index in [1.807, 2.05) is 90.9 Å². The van der Waals surface area contributed by atoms with Gasteiger partial charge in [-0.05, 0) is 56.7 Å². The molecule has 0 spiro atoms. The Labute approximate surface area is 365 Å². The van der Waals surface area contributed by atoms with Crippen LogP contribution in [0.5, 0.6) is 0 Å². The molecule has 1 heterocycles. The normalized spacial score (nSPS) is 18.1. The Balaban J connectivity index is 2.27. The van der Waals surface area contributed by atoms with Crippen LogP contribution in [0.2, 0.25) is 0 Å². The van der Waals surface area contributed by atoms with Gasteiger partial charge in [-0.2, -0.15) is 0 Å². The van der Waals surface area contributed by atoms with Crippen molar-refractivity contribution >= 4 is 35.5 Å². The molecular weight excluding hydrogens is 781 g/mol. The Kier molecular flexibility index (Phi) is 23.0. The van der Waals surface area contributed by atoms with E-state index >= 15 is 0 Å². The predicted molar refractivity (Wildman–Crippen MR) is 236 cm³/mol. The van der Waals surface area contributed by atoms with Crippen molar-refractivity contribution in [3.8, 4) is 0 Å². The number of carbonyl (C=O) groups excluding carboxylic acids is 6. The van der Waals surface area contributed by atoms with Gasteiger partial charge < -0.3 is 40.0 Å². The number of ether oxygens (including phenoxy) is 3. The Morgan fingerprint density at radius 3 is 2.05 bits per heavy atom. The Bertz CT molecular complexity index is 1530. The van der Waals surface area contributed by atoms with E-state index in [1.165, 1.54) is 7.11 Å². The van der Waals surface area contributed by atoms with Crippen LogP contribution < -0.4 is 16.0 Å². The highest BCUT2D eigenvalue weighted by molar-refractivity contribution is 5.90. The lowest BCUT2D eigenvalue weighted by molar-refractivity contribution is -0.148. The van der Waals surface area contributed by atoms with Crippen molar-refractivity contribution in [1.29, 1.82) is 0 Å². The molecule has 3 N–H and O–H groups in total. The number of likely N-dealkylation sites (tertiary alicyclic amines) is 1. The van der Waals surface area contributed by atoms with Crippen LogP contribution in [0.25, 0.3) is 0 Å². The van der Waals surface area contributed by atoms with Gasteiger partial charge in [-0.1, -0.05) is 92.1 Å². The third-order valence-electron chi connectivity index (χ3n) is 12.0. The maximum Gasteiger partial charge on any atom is 0.305 e. The van der Waals surface area contributed by atoms with E-state index in [4.69, 9.17) is 14.2 Å². The molecule has 1 aliphatic heterocycles. The van der Waals surface area contributed by atoms with Crippen molar-refractivity contribution in [2.75, 3.05) is 55.1 Å². The molecule has 5 amide bonds. The number of nitrogens with zero attached hydrogens (tertiary/aromatic N) is 3. The summed E-state index contributed by atoms with van der Waals surface area (Å²) in [4.78, 5) is 86.4. The standard InChI is InChI=1S/C46H78N6O9/c1-14-31(7)41(51(11)46(58)39(29(3)4)49-45(57)40(30(5)6)50(9)10)36(59-12)28-37(53)52-25-19-23-35(52)42(60-13)32(8)43(55)48-34(27-33-21-17-16-18-22-33)44(56)47-24-20-26-61-38(54)15-2/h16-18,21-22,29-32,34-36,39-42H,14-15,19-20,23-28H2,1-13H3,(H,47,56)(H,48,55)(H,49,57)/t31-,32+,34-,35-,36+,39?,40?,41-,42+/m0/s1. The highest BCUT2D eigenvalue weighted by atomic mass is 16.5. The molecule has 0 aliphatic carbocycles. The average Bonchev–Trinajstić information content (AvgIpc) is 3.71. The molecule has 0 saturated carbocycles. The molecule has 0 bridgehead atoms. The van der Waals surface area contributed by atoms with E-state index in [9.17, 15) is 28.8 Å². The maximum atomic E-state index is 14.4. The molecule has 61 heavy (non-hydrogen) atoms. The van der Waals surface area contributed by atoms with E-state index in [1.54, 1.807) is 37.8 Å². The minimum atomic E-state index is -0.887. The Hall–Kier alpha value is -4.08. The molecule has 2 unspecified atom stereocenters. The van der Waals surface area contributed by atoms with E-state index in [-0.39, 0.29) is 85.7 Å². The third-order valence-corrected chi connectivity index (χ3v) is 12.0. The lowest BCUT2D eigenvalue weighted by Crippen LogP contribution is -2.59. The fraction of sp³-hybridized carbons (Fsp3) is 0.739. The van der Waals surface area contributed by atoms with Crippen LogP contribution in [0.15, 0.2) is 30.3 Å². The van der Waals surface area contributed by atoms with E-state index in [0.29, 0.717) is 32.2 Å². The summed E-state index contributed by atoms with van der Waals surface area (Å²) in [6.07, 6.45) is 1.65. The van der Waals surface area contributed by atoms with Gasteiger partial charge in [-0.3, -0.25) is 33.7 Å². The van der Waals surface area contributed by atoms with Crippen LogP contribution in [0.3, 0.4) is 0 Å². The van der Waals surface area contributed by atoms with E-state index in [2.05, 4.69) is 16.0 Å². The molecule has 1 aromatic carbocycles. The number of hydrogen-bond donors (Lipinski definition) is 3. The van der Waals surface area contributed by atoms with E-state index in [0.717, 1.165) is 5.56 Å². The highest BCUT2D eigenvalue weighted by Gasteiger charge is 2.43. The molecule has 1 aromatic rings. The first-order valence-electron chi connectivity index (χ1n) is 22.2. The van der Waals surface area contributed by atoms with Gasteiger partial charge in [0.15, 0.2) is 0 Å². The molecule has 9 atom stereocenters. The highest BCUT2D eigenvalue weighted by Crippen LogP contribution is 2.30.